The minimum absolute atomic E-state index is 0.0747. The molecule has 3 N–H and O–H groups in total. The van der Waals surface area contributed by atoms with Crippen LogP contribution < -0.4 is 16.0 Å². The second kappa shape index (κ2) is 4.82. The number of aryl methyl sites for hydroxylation is 2. The molecule has 2 aromatic rings. The number of fused-ring (bicyclic) bond motifs is 1. The third kappa shape index (κ3) is 1.88. The van der Waals surface area contributed by atoms with Crippen LogP contribution in [0.1, 0.15) is 16.7 Å². The van der Waals surface area contributed by atoms with Crippen molar-refractivity contribution in [3.05, 3.63) is 39.2 Å². The Morgan fingerprint density at radius 2 is 2.06 bits per heavy atom. The molecule has 0 saturated heterocycles. The number of rotatable bonds is 3. The summed E-state index contributed by atoms with van der Waals surface area (Å²) in [6, 6.07) is 3.87. The van der Waals surface area contributed by atoms with Gasteiger partial charge in [-0.25, -0.2) is 0 Å². The summed E-state index contributed by atoms with van der Waals surface area (Å²) in [6.45, 7) is 4.47. The zero-order chi connectivity index (χ0) is 13.3. The highest BCUT2D eigenvalue weighted by Gasteiger charge is 2.13. The molecule has 0 bridgehead atoms. The van der Waals surface area contributed by atoms with Gasteiger partial charge in [-0.2, -0.15) is 0 Å². The molecule has 0 fully saturated rings. The minimum Gasteiger partial charge on any atom is -0.495 e. The number of nitrogens with two attached hydrogens (primary N) is 1. The Hall–Kier alpha value is -1.81. The fraction of sp³-hybridized carbons (Fsp3) is 0.357. The molecule has 1 heterocycles. The number of aromatic nitrogens is 1. The van der Waals surface area contributed by atoms with Crippen molar-refractivity contribution in [2.24, 2.45) is 5.73 Å². The Morgan fingerprint density at radius 1 is 1.33 bits per heavy atom. The van der Waals surface area contributed by atoms with Crippen LogP contribution in [0.5, 0.6) is 5.75 Å². The maximum Gasteiger partial charge on any atom is 0.252 e. The lowest BCUT2D eigenvalue weighted by molar-refractivity contribution is 0.418. The number of aromatic amines is 1. The second-order valence-electron chi connectivity index (χ2n) is 4.43. The van der Waals surface area contributed by atoms with Gasteiger partial charge in [0.1, 0.15) is 5.75 Å². The molecule has 0 saturated carbocycles. The largest absolute Gasteiger partial charge is 0.495 e. The maximum absolute atomic E-state index is 12.1. The number of benzene rings is 1. The summed E-state index contributed by atoms with van der Waals surface area (Å²) in [6.07, 6.45) is 0.591. The Bertz CT molecular complexity index is 644. The molecule has 0 unspecified atom stereocenters. The van der Waals surface area contributed by atoms with Crippen molar-refractivity contribution in [3.63, 3.8) is 0 Å². The van der Waals surface area contributed by atoms with Gasteiger partial charge in [-0.05, 0) is 44.0 Å². The minimum atomic E-state index is -0.0747. The SMILES string of the molecule is COc1ccc(C)c2c(C)c(CCN)c(=O)[nH]c12. The topological polar surface area (TPSA) is 68.1 Å². The van der Waals surface area contributed by atoms with Gasteiger partial charge in [-0.15, -0.1) is 0 Å². The molecule has 0 atom stereocenters. The van der Waals surface area contributed by atoms with E-state index >= 15 is 0 Å². The highest BCUT2D eigenvalue weighted by atomic mass is 16.5. The standard InChI is InChI=1S/C14H18N2O2/c1-8-4-5-11(18-3)13-12(8)9(2)10(6-7-15)14(17)16-13/h4-5H,6-7,15H2,1-3H3,(H,16,17). The third-order valence-electron chi connectivity index (χ3n) is 3.33. The second-order valence-corrected chi connectivity index (χ2v) is 4.43. The van der Waals surface area contributed by atoms with Gasteiger partial charge in [0.05, 0.1) is 12.6 Å². The quantitative estimate of drug-likeness (QED) is 0.865. The van der Waals surface area contributed by atoms with E-state index in [-0.39, 0.29) is 5.56 Å². The molecule has 0 aliphatic carbocycles. The average Bonchev–Trinajstić information content (AvgIpc) is 2.34. The molecule has 0 aliphatic heterocycles. The van der Waals surface area contributed by atoms with Gasteiger partial charge in [0.2, 0.25) is 0 Å². The van der Waals surface area contributed by atoms with Crippen LogP contribution in [0.3, 0.4) is 0 Å². The van der Waals surface area contributed by atoms with E-state index in [0.29, 0.717) is 18.7 Å². The normalized spacial score (nSPS) is 10.9. The first-order valence-corrected chi connectivity index (χ1v) is 5.99. The van der Waals surface area contributed by atoms with Gasteiger partial charge in [0, 0.05) is 10.9 Å². The van der Waals surface area contributed by atoms with Crippen molar-refractivity contribution < 1.29 is 4.74 Å². The fourth-order valence-corrected chi connectivity index (χ4v) is 2.42. The highest BCUT2D eigenvalue weighted by Crippen LogP contribution is 2.28. The fourth-order valence-electron chi connectivity index (χ4n) is 2.42. The predicted molar refractivity (Wildman–Crippen MR) is 73.4 cm³/mol. The Kier molecular flexibility index (Phi) is 3.39. The zero-order valence-corrected chi connectivity index (χ0v) is 11.0. The number of H-pyrrole nitrogens is 1. The predicted octanol–water partition coefficient (Wildman–Crippen LogP) is 1.65. The van der Waals surface area contributed by atoms with Gasteiger partial charge in [0.25, 0.3) is 5.56 Å². The van der Waals surface area contributed by atoms with Gasteiger partial charge in [0.15, 0.2) is 0 Å². The van der Waals surface area contributed by atoms with Crippen LogP contribution in [-0.2, 0) is 6.42 Å². The summed E-state index contributed by atoms with van der Waals surface area (Å²) in [5.74, 6) is 0.690. The number of ether oxygens (including phenoxy) is 1. The molecule has 18 heavy (non-hydrogen) atoms. The number of hydrogen-bond acceptors (Lipinski definition) is 3. The van der Waals surface area contributed by atoms with E-state index in [2.05, 4.69) is 4.98 Å². The molecule has 1 aromatic heterocycles. The first-order chi connectivity index (χ1) is 8.60. The summed E-state index contributed by atoms with van der Waals surface area (Å²) in [4.78, 5) is 15.0. The number of pyridine rings is 1. The number of methoxy groups -OCH3 is 1. The lowest BCUT2D eigenvalue weighted by atomic mass is 9.98. The van der Waals surface area contributed by atoms with Crippen LogP contribution in [0.15, 0.2) is 16.9 Å². The molecular weight excluding hydrogens is 228 g/mol. The van der Waals surface area contributed by atoms with E-state index in [1.807, 2.05) is 26.0 Å². The monoisotopic (exact) mass is 246 g/mol. The average molecular weight is 246 g/mol. The summed E-state index contributed by atoms with van der Waals surface area (Å²) in [5, 5.41) is 1.05. The van der Waals surface area contributed by atoms with Gasteiger partial charge in [-0.1, -0.05) is 6.07 Å². The van der Waals surface area contributed by atoms with Crippen molar-refractivity contribution in [1.82, 2.24) is 4.98 Å². The van der Waals surface area contributed by atoms with Crippen LogP contribution >= 0.6 is 0 Å². The molecule has 0 radical (unpaired) electrons. The van der Waals surface area contributed by atoms with Crippen molar-refractivity contribution >= 4 is 10.9 Å². The first-order valence-electron chi connectivity index (χ1n) is 5.99. The zero-order valence-electron chi connectivity index (χ0n) is 11.0. The summed E-state index contributed by atoms with van der Waals surface area (Å²) < 4.78 is 5.30. The van der Waals surface area contributed by atoms with Crippen LogP contribution in [-0.4, -0.2) is 18.6 Å². The molecule has 4 heteroatoms. The summed E-state index contributed by atoms with van der Waals surface area (Å²) >= 11 is 0. The lowest BCUT2D eigenvalue weighted by Gasteiger charge is -2.13. The van der Waals surface area contributed by atoms with Gasteiger partial charge < -0.3 is 15.5 Å². The van der Waals surface area contributed by atoms with Gasteiger partial charge in [-0.3, -0.25) is 4.79 Å². The Balaban J connectivity index is 2.89. The van der Waals surface area contributed by atoms with E-state index in [1.165, 1.54) is 0 Å². The molecule has 0 amide bonds. The molecule has 0 aliphatic rings. The smallest absolute Gasteiger partial charge is 0.252 e. The van der Waals surface area contributed by atoms with Crippen LogP contribution in [0.25, 0.3) is 10.9 Å². The summed E-state index contributed by atoms with van der Waals surface area (Å²) in [7, 11) is 1.60. The van der Waals surface area contributed by atoms with Crippen molar-refractivity contribution in [3.8, 4) is 5.75 Å². The lowest BCUT2D eigenvalue weighted by Crippen LogP contribution is -2.19. The molecule has 4 nitrogen and oxygen atoms in total. The van der Waals surface area contributed by atoms with E-state index in [1.54, 1.807) is 7.11 Å². The van der Waals surface area contributed by atoms with E-state index in [0.717, 1.165) is 27.6 Å². The molecule has 0 spiro atoms. The van der Waals surface area contributed by atoms with Crippen LogP contribution in [0.2, 0.25) is 0 Å². The van der Waals surface area contributed by atoms with E-state index in [9.17, 15) is 4.79 Å². The molecule has 1 aromatic carbocycles. The van der Waals surface area contributed by atoms with Gasteiger partial charge >= 0.3 is 0 Å². The highest BCUT2D eigenvalue weighted by molar-refractivity contribution is 5.90. The third-order valence-corrected chi connectivity index (χ3v) is 3.33. The number of hydrogen-bond donors (Lipinski definition) is 2. The Morgan fingerprint density at radius 3 is 2.67 bits per heavy atom. The van der Waals surface area contributed by atoms with E-state index < -0.39 is 0 Å². The number of nitrogens with one attached hydrogen (secondary N) is 1. The van der Waals surface area contributed by atoms with E-state index in [4.69, 9.17) is 10.5 Å². The molecule has 96 valence electrons. The molecule has 2 rings (SSSR count). The molecular formula is C14H18N2O2. The van der Waals surface area contributed by atoms with Crippen molar-refractivity contribution in [2.75, 3.05) is 13.7 Å². The Labute approximate surface area is 106 Å². The summed E-state index contributed by atoms with van der Waals surface area (Å²) in [5.41, 5.74) is 9.13. The van der Waals surface area contributed by atoms with Crippen molar-refractivity contribution in [2.45, 2.75) is 20.3 Å². The van der Waals surface area contributed by atoms with Crippen LogP contribution in [0.4, 0.5) is 0 Å². The first kappa shape index (κ1) is 12.6. The van der Waals surface area contributed by atoms with Crippen molar-refractivity contribution in [1.29, 1.82) is 0 Å². The van der Waals surface area contributed by atoms with Crippen LogP contribution in [0, 0.1) is 13.8 Å². The maximum atomic E-state index is 12.1.